The Hall–Kier alpha value is -3.61. The molecule has 0 atom stereocenters. The normalized spacial score (nSPS) is 11.6. The highest BCUT2D eigenvalue weighted by Gasteiger charge is 2.12. The van der Waals surface area contributed by atoms with Gasteiger partial charge in [0.1, 0.15) is 0 Å². The zero-order valence-electron chi connectivity index (χ0n) is 18.9. The van der Waals surface area contributed by atoms with Crippen molar-refractivity contribution >= 4 is 6.08 Å². The van der Waals surface area contributed by atoms with Gasteiger partial charge in [0.25, 0.3) is 0 Å². The lowest BCUT2D eigenvalue weighted by Gasteiger charge is -2.09. The third-order valence-electron chi connectivity index (χ3n) is 5.30. The van der Waals surface area contributed by atoms with E-state index in [2.05, 4.69) is 83.9 Å². The zero-order valence-corrected chi connectivity index (χ0v) is 18.9. The van der Waals surface area contributed by atoms with E-state index in [1.165, 1.54) is 5.56 Å². The minimum Gasteiger partial charge on any atom is -0.242 e. The van der Waals surface area contributed by atoms with Crippen molar-refractivity contribution in [3.8, 4) is 22.5 Å². The number of tetrazole rings is 1. The zero-order chi connectivity index (χ0) is 22.3. The van der Waals surface area contributed by atoms with Gasteiger partial charge >= 0.3 is 0 Å². The maximum absolute atomic E-state index is 4.79. The van der Waals surface area contributed by atoms with Crippen molar-refractivity contribution in [2.75, 3.05) is 0 Å². The Morgan fingerprint density at radius 1 is 1.03 bits per heavy atom. The van der Waals surface area contributed by atoms with Crippen molar-refractivity contribution in [3.63, 3.8) is 0 Å². The average Bonchev–Trinajstić information content (AvgIpc) is 3.47. The molecule has 0 aliphatic heterocycles. The standard InChI is InChI=1S/C25H29N7/c1-4-5-10-24-26-23(16-11-18(2)3)29-32(24)17-19-12-14-20(15-13-19)21-8-6-7-9-22(21)25-27-30-31-28-25/h5-10,12-15,18H,4,11,16-17H2,1-3H3,(H,27,28,30,31). The molecule has 1 N–H and O–H groups in total. The Labute approximate surface area is 188 Å². The summed E-state index contributed by atoms with van der Waals surface area (Å²) in [6.07, 6.45) is 7.17. The summed E-state index contributed by atoms with van der Waals surface area (Å²) in [7, 11) is 0. The SMILES string of the molecule is CCC=Cc1nc(CCC(C)C)nn1Cc1ccc(-c2ccccc2-c2nn[nH]n2)cc1. The monoisotopic (exact) mass is 427 g/mol. The fraction of sp³-hybridized carbons (Fsp3) is 0.320. The lowest BCUT2D eigenvalue weighted by atomic mass is 9.98. The first-order chi connectivity index (χ1) is 15.6. The van der Waals surface area contributed by atoms with Crippen LogP contribution in [0.25, 0.3) is 28.6 Å². The predicted octanol–water partition coefficient (Wildman–Crippen LogP) is 5.19. The third-order valence-corrected chi connectivity index (χ3v) is 5.30. The summed E-state index contributed by atoms with van der Waals surface area (Å²) >= 11 is 0. The lowest BCUT2D eigenvalue weighted by molar-refractivity contribution is 0.569. The molecule has 7 heteroatoms. The number of hydrogen-bond acceptors (Lipinski definition) is 5. The van der Waals surface area contributed by atoms with Crippen LogP contribution in [0.4, 0.5) is 0 Å². The van der Waals surface area contributed by atoms with Gasteiger partial charge in [-0.15, -0.1) is 10.2 Å². The van der Waals surface area contributed by atoms with Crippen LogP contribution in [0.15, 0.2) is 54.6 Å². The Kier molecular flexibility index (Phi) is 6.84. The highest BCUT2D eigenvalue weighted by atomic mass is 15.5. The van der Waals surface area contributed by atoms with E-state index in [0.29, 0.717) is 18.3 Å². The minimum absolute atomic E-state index is 0.591. The van der Waals surface area contributed by atoms with Crippen molar-refractivity contribution < 1.29 is 0 Å². The van der Waals surface area contributed by atoms with Crippen molar-refractivity contribution in [3.05, 3.63) is 71.8 Å². The van der Waals surface area contributed by atoms with Gasteiger partial charge in [0.05, 0.1) is 6.54 Å². The molecule has 2 aromatic carbocycles. The van der Waals surface area contributed by atoms with Gasteiger partial charge in [-0.3, -0.25) is 0 Å². The maximum Gasteiger partial charge on any atom is 0.205 e. The first-order valence-electron chi connectivity index (χ1n) is 11.2. The van der Waals surface area contributed by atoms with Gasteiger partial charge in [-0.1, -0.05) is 75.4 Å². The molecule has 2 aromatic heterocycles. The molecule has 0 radical (unpaired) electrons. The molecule has 4 rings (SSSR count). The van der Waals surface area contributed by atoms with Crippen LogP contribution < -0.4 is 0 Å². The summed E-state index contributed by atoms with van der Waals surface area (Å²) in [6.45, 7) is 7.27. The molecule has 0 aliphatic rings. The van der Waals surface area contributed by atoms with Gasteiger partial charge in [-0.2, -0.15) is 10.3 Å². The number of H-pyrrole nitrogens is 1. The van der Waals surface area contributed by atoms with Gasteiger partial charge in [0.2, 0.25) is 5.82 Å². The second-order valence-corrected chi connectivity index (χ2v) is 8.26. The molecule has 32 heavy (non-hydrogen) atoms. The Morgan fingerprint density at radius 3 is 2.50 bits per heavy atom. The van der Waals surface area contributed by atoms with E-state index in [-0.39, 0.29) is 0 Å². The van der Waals surface area contributed by atoms with E-state index in [0.717, 1.165) is 47.6 Å². The van der Waals surface area contributed by atoms with Crippen molar-refractivity contribution in [2.45, 2.75) is 46.6 Å². The van der Waals surface area contributed by atoms with Crippen LogP contribution in [0.1, 0.15) is 50.8 Å². The molecule has 0 aliphatic carbocycles. The van der Waals surface area contributed by atoms with Crippen LogP contribution in [0.2, 0.25) is 0 Å². The highest BCUT2D eigenvalue weighted by molar-refractivity contribution is 5.80. The second-order valence-electron chi connectivity index (χ2n) is 8.26. The molecule has 7 nitrogen and oxygen atoms in total. The second kappa shape index (κ2) is 10.1. The van der Waals surface area contributed by atoms with Crippen LogP contribution in [-0.2, 0) is 13.0 Å². The van der Waals surface area contributed by atoms with Crippen molar-refractivity contribution in [1.29, 1.82) is 0 Å². The van der Waals surface area contributed by atoms with Crippen LogP contribution in [-0.4, -0.2) is 35.4 Å². The van der Waals surface area contributed by atoms with Gasteiger partial charge in [0.15, 0.2) is 11.6 Å². The molecule has 0 amide bonds. The number of nitrogens with one attached hydrogen (secondary N) is 1. The largest absolute Gasteiger partial charge is 0.242 e. The summed E-state index contributed by atoms with van der Waals surface area (Å²) in [4.78, 5) is 4.76. The molecule has 0 fully saturated rings. The number of rotatable bonds is 9. The summed E-state index contributed by atoms with van der Waals surface area (Å²) in [5.74, 6) is 3.06. The van der Waals surface area contributed by atoms with E-state index in [4.69, 9.17) is 10.1 Å². The van der Waals surface area contributed by atoms with E-state index in [1.54, 1.807) is 0 Å². The number of aromatic nitrogens is 7. The first-order valence-corrected chi connectivity index (χ1v) is 11.2. The van der Waals surface area contributed by atoms with E-state index >= 15 is 0 Å². The van der Waals surface area contributed by atoms with E-state index < -0.39 is 0 Å². The average molecular weight is 428 g/mol. The van der Waals surface area contributed by atoms with Crippen LogP contribution in [0, 0.1) is 5.92 Å². The molecule has 0 saturated heterocycles. The summed E-state index contributed by atoms with van der Waals surface area (Å²) in [6, 6.07) is 16.6. The molecule has 4 aromatic rings. The number of nitrogens with zero attached hydrogens (tertiary/aromatic N) is 6. The van der Waals surface area contributed by atoms with Gasteiger partial charge in [-0.05, 0) is 46.7 Å². The molecular formula is C25H29N7. The number of benzene rings is 2. The number of allylic oxidation sites excluding steroid dienone is 1. The van der Waals surface area contributed by atoms with E-state index in [9.17, 15) is 0 Å². The topological polar surface area (TPSA) is 85.2 Å². The maximum atomic E-state index is 4.79. The van der Waals surface area contributed by atoms with Gasteiger partial charge < -0.3 is 0 Å². The summed E-state index contributed by atoms with van der Waals surface area (Å²) in [5, 5.41) is 19.3. The summed E-state index contributed by atoms with van der Waals surface area (Å²) < 4.78 is 2.00. The number of aryl methyl sites for hydroxylation is 1. The summed E-state index contributed by atoms with van der Waals surface area (Å²) in [5.41, 5.74) is 4.31. The van der Waals surface area contributed by atoms with Crippen LogP contribution >= 0.6 is 0 Å². The number of aromatic amines is 1. The predicted molar refractivity (Wildman–Crippen MR) is 127 cm³/mol. The molecule has 0 unspecified atom stereocenters. The Balaban J connectivity index is 1.57. The molecule has 0 bridgehead atoms. The third kappa shape index (κ3) is 5.17. The molecule has 0 spiro atoms. The van der Waals surface area contributed by atoms with Crippen LogP contribution in [0.5, 0.6) is 0 Å². The van der Waals surface area contributed by atoms with Crippen molar-refractivity contribution in [2.24, 2.45) is 5.92 Å². The van der Waals surface area contributed by atoms with Gasteiger partial charge in [0, 0.05) is 12.0 Å². The lowest BCUT2D eigenvalue weighted by Crippen LogP contribution is -2.05. The number of hydrogen-bond donors (Lipinski definition) is 1. The molecular weight excluding hydrogens is 398 g/mol. The molecule has 2 heterocycles. The molecule has 0 saturated carbocycles. The molecule has 164 valence electrons. The fourth-order valence-electron chi connectivity index (χ4n) is 3.56. The Bertz CT molecular complexity index is 1160. The smallest absolute Gasteiger partial charge is 0.205 e. The van der Waals surface area contributed by atoms with Gasteiger partial charge in [-0.25, -0.2) is 9.67 Å². The highest BCUT2D eigenvalue weighted by Crippen LogP contribution is 2.29. The van der Waals surface area contributed by atoms with Crippen LogP contribution in [0.3, 0.4) is 0 Å². The first kappa shape index (κ1) is 21.6. The van der Waals surface area contributed by atoms with Crippen molar-refractivity contribution in [1.82, 2.24) is 35.4 Å². The fourth-order valence-corrected chi connectivity index (χ4v) is 3.56. The van der Waals surface area contributed by atoms with E-state index in [1.807, 2.05) is 22.9 Å². The quantitative estimate of drug-likeness (QED) is 0.397. The Morgan fingerprint density at radius 2 is 1.81 bits per heavy atom. The minimum atomic E-state index is 0.591.